The maximum atomic E-state index is 13.3. The number of ether oxygens (including phenoxy) is 2. The highest BCUT2D eigenvalue weighted by Gasteiger charge is 2.46. The zero-order chi connectivity index (χ0) is 26.8. The Morgan fingerprint density at radius 2 is 1.72 bits per heavy atom. The van der Waals surface area contributed by atoms with Crippen molar-refractivity contribution in [3.63, 3.8) is 0 Å². The Balaban J connectivity index is 2.21. The van der Waals surface area contributed by atoms with Gasteiger partial charge in [-0.05, 0) is 54.9 Å². The number of hydrogen-bond donors (Lipinski definition) is 1. The lowest BCUT2D eigenvalue weighted by atomic mass is 9.85. The van der Waals surface area contributed by atoms with Crippen LogP contribution < -0.4 is 9.47 Å². The third-order valence-corrected chi connectivity index (χ3v) is 6.11. The molecule has 36 heavy (non-hydrogen) atoms. The number of nitrogens with zero attached hydrogens (tertiary/aromatic N) is 2. The predicted octanol–water partition coefficient (Wildman–Crippen LogP) is 3.90. The number of hydrogen-bond acceptors (Lipinski definition) is 7. The molecule has 0 aliphatic carbocycles. The molecule has 1 aliphatic heterocycles. The SMILES string of the molecule is COc1ccc(C(C)(C)C)cc1/C(O)=C1\C(=O)C(=O)N(CCN(C)C)C1c1ccc(OC(C)=O)cc1. The van der Waals surface area contributed by atoms with Gasteiger partial charge in [0.05, 0.1) is 24.3 Å². The number of likely N-dealkylation sites (tertiary alicyclic amines) is 1. The Kier molecular flexibility index (Phi) is 7.89. The van der Waals surface area contributed by atoms with E-state index in [1.165, 1.54) is 18.9 Å². The summed E-state index contributed by atoms with van der Waals surface area (Å²) in [5, 5.41) is 11.5. The Morgan fingerprint density at radius 3 is 2.25 bits per heavy atom. The molecule has 1 N–H and O–H groups in total. The summed E-state index contributed by atoms with van der Waals surface area (Å²) in [6.07, 6.45) is 0. The highest BCUT2D eigenvalue weighted by atomic mass is 16.5. The third-order valence-electron chi connectivity index (χ3n) is 6.11. The van der Waals surface area contributed by atoms with Gasteiger partial charge in [-0.15, -0.1) is 0 Å². The average molecular weight is 495 g/mol. The minimum atomic E-state index is -0.820. The summed E-state index contributed by atoms with van der Waals surface area (Å²) in [6, 6.07) is 11.2. The topological polar surface area (TPSA) is 96.4 Å². The molecule has 2 aromatic carbocycles. The fourth-order valence-corrected chi connectivity index (χ4v) is 4.15. The quantitative estimate of drug-likeness (QED) is 0.205. The molecule has 1 amide bonds. The van der Waals surface area contributed by atoms with Crippen molar-refractivity contribution in [3.8, 4) is 11.5 Å². The van der Waals surface area contributed by atoms with Crippen molar-refractivity contribution < 1.29 is 29.0 Å². The highest BCUT2D eigenvalue weighted by Crippen LogP contribution is 2.42. The number of amides is 1. The Labute approximate surface area is 212 Å². The van der Waals surface area contributed by atoms with Gasteiger partial charge in [-0.1, -0.05) is 39.0 Å². The van der Waals surface area contributed by atoms with Gasteiger partial charge in [0.1, 0.15) is 17.3 Å². The molecule has 3 rings (SSSR count). The number of aliphatic hydroxyl groups is 1. The molecule has 1 saturated heterocycles. The average Bonchev–Trinajstić information content (AvgIpc) is 3.06. The Morgan fingerprint density at radius 1 is 1.08 bits per heavy atom. The fraction of sp³-hybridized carbons (Fsp3) is 0.393. The van der Waals surface area contributed by atoms with Crippen molar-refractivity contribution in [2.45, 2.75) is 39.2 Å². The van der Waals surface area contributed by atoms with E-state index in [4.69, 9.17) is 9.47 Å². The second-order valence-electron chi connectivity index (χ2n) is 10.1. The summed E-state index contributed by atoms with van der Waals surface area (Å²) < 4.78 is 10.6. The van der Waals surface area contributed by atoms with Gasteiger partial charge in [0, 0.05) is 20.0 Å². The standard InChI is InChI=1S/C28H34N2O6/c1-17(31)36-20-11-8-18(9-12-20)24-23(26(33)27(34)30(24)15-14-29(5)6)25(32)21-16-19(28(2,3)4)10-13-22(21)35-7/h8-13,16,24,32H,14-15H2,1-7H3/b25-23+. The van der Waals surface area contributed by atoms with Crippen LogP contribution in [-0.4, -0.2) is 66.9 Å². The van der Waals surface area contributed by atoms with Crippen LogP contribution in [0.25, 0.3) is 5.76 Å². The molecule has 0 saturated carbocycles. The van der Waals surface area contributed by atoms with Crippen LogP contribution in [0.4, 0.5) is 0 Å². The number of rotatable bonds is 7. The van der Waals surface area contributed by atoms with E-state index in [0.29, 0.717) is 29.2 Å². The Bertz CT molecular complexity index is 1190. The minimum absolute atomic E-state index is 0.0108. The summed E-state index contributed by atoms with van der Waals surface area (Å²) in [6.45, 7) is 8.25. The molecule has 0 aromatic heterocycles. The zero-order valence-corrected chi connectivity index (χ0v) is 21.9. The summed E-state index contributed by atoms with van der Waals surface area (Å²) in [5.41, 5.74) is 1.66. The molecule has 0 radical (unpaired) electrons. The van der Waals surface area contributed by atoms with Gasteiger partial charge in [0.25, 0.3) is 11.7 Å². The lowest BCUT2D eigenvalue weighted by molar-refractivity contribution is -0.140. The van der Waals surface area contributed by atoms with Crippen LogP contribution in [0.15, 0.2) is 48.0 Å². The lowest BCUT2D eigenvalue weighted by Gasteiger charge is -2.27. The normalized spacial score (nSPS) is 17.6. The second-order valence-corrected chi connectivity index (χ2v) is 10.1. The second kappa shape index (κ2) is 10.5. The minimum Gasteiger partial charge on any atom is -0.507 e. The molecule has 8 heteroatoms. The molecule has 0 bridgehead atoms. The molecule has 192 valence electrons. The van der Waals surface area contributed by atoms with Gasteiger partial charge in [0.15, 0.2) is 0 Å². The molecule has 2 aromatic rings. The first kappa shape index (κ1) is 26.9. The van der Waals surface area contributed by atoms with Crippen LogP contribution in [0, 0.1) is 0 Å². The van der Waals surface area contributed by atoms with Crippen LogP contribution in [0.3, 0.4) is 0 Å². The van der Waals surface area contributed by atoms with Gasteiger partial charge >= 0.3 is 5.97 Å². The summed E-state index contributed by atoms with van der Waals surface area (Å²) in [4.78, 5) is 41.2. The molecule has 1 unspecified atom stereocenters. The molecule has 0 spiro atoms. The number of carbonyl (C=O) groups excluding carboxylic acids is 3. The maximum absolute atomic E-state index is 13.3. The van der Waals surface area contributed by atoms with Crippen molar-refractivity contribution >= 4 is 23.4 Å². The molecule has 8 nitrogen and oxygen atoms in total. The fourth-order valence-electron chi connectivity index (χ4n) is 4.15. The molecule has 1 heterocycles. The highest BCUT2D eigenvalue weighted by molar-refractivity contribution is 6.46. The summed E-state index contributed by atoms with van der Waals surface area (Å²) in [7, 11) is 5.24. The van der Waals surface area contributed by atoms with Gasteiger partial charge in [-0.25, -0.2) is 0 Å². The molecular weight excluding hydrogens is 460 g/mol. The molecule has 1 aliphatic rings. The number of aliphatic hydroxyl groups excluding tert-OH is 1. The van der Waals surface area contributed by atoms with E-state index in [1.54, 1.807) is 36.4 Å². The number of likely N-dealkylation sites (N-methyl/N-ethyl adjacent to an activating group) is 1. The van der Waals surface area contributed by atoms with Gasteiger partial charge < -0.3 is 24.4 Å². The van der Waals surface area contributed by atoms with E-state index in [0.717, 1.165) is 5.56 Å². The van der Waals surface area contributed by atoms with Gasteiger partial charge in [-0.3, -0.25) is 14.4 Å². The van der Waals surface area contributed by atoms with E-state index in [2.05, 4.69) is 0 Å². The predicted molar refractivity (Wildman–Crippen MR) is 137 cm³/mol. The van der Waals surface area contributed by atoms with Crippen LogP contribution in [0.5, 0.6) is 11.5 Å². The van der Waals surface area contributed by atoms with E-state index in [1.807, 2.05) is 45.8 Å². The van der Waals surface area contributed by atoms with Crippen LogP contribution >= 0.6 is 0 Å². The van der Waals surface area contributed by atoms with E-state index < -0.39 is 23.7 Å². The van der Waals surface area contributed by atoms with Crippen LogP contribution in [0.1, 0.15) is 50.4 Å². The van der Waals surface area contributed by atoms with Crippen LogP contribution in [-0.2, 0) is 19.8 Å². The number of methoxy groups -OCH3 is 1. The zero-order valence-electron chi connectivity index (χ0n) is 21.9. The molecule has 1 fully saturated rings. The van der Waals surface area contributed by atoms with Crippen molar-refractivity contribution in [2.24, 2.45) is 0 Å². The lowest BCUT2D eigenvalue weighted by Crippen LogP contribution is -2.35. The molecule has 1 atom stereocenters. The summed E-state index contributed by atoms with van der Waals surface area (Å²) >= 11 is 0. The number of benzene rings is 2. The number of esters is 1. The van der Waals surface area contributed by atoms with Crippen molar-refractivity contribution in [1.29, 1.82) is 0 Å². The van der Waals surface area contributed by atoms with E-state index in [-0.39, 0.29) is 23.3 Å². The largest absolute Gasteiger partial charge is 0.507 e. The van der Waals surface area contributed by atoms with Gasteiger partial charge in [-0.2, -0.15) is 0 Å². The van der Waals surface area contributed by atoms with Crippen molar-refractivity contribution in [3.05, 3.63) is 64.7 Å². The third kappa shape index (κ3) is 5.60. The van der Waals surface area contributed by atoms with Crippen molar-refractivity contribution in [2.75, 3.05) is 34.3 Å². The monoisotopic (exact) mass is 494 g/mol. The number of ketones is 1. The Hall–Kier alpha value is -3.65. The first-order valence-corrected chi connectivity index (χ1v) is 11.8. The first-order chi connectivity index (χ1) is 16.8. The maximum Gasteiger partial charge on any atom is 0.308 e. The van der Waals surface area contributed by atoms with E-state index in [9.17, 15) is 19.5 Å². The first-order valence-electron chi connectivity index (χ1n) is 11.8. The smallest absolute Gasteiger partial charge is 0.308 e. The van der Waals surface area contributed by atoms with Crippen molar-refractivity contribution in [1.82, 2.24) is 9.80 Å². The van der Waals surface area contributed by atoms with Crippen LogP contribution in [0.2, 0.25) is 0 Å². The number of carbonyl (C=O) groups is 3. The molecular formula is C28H34N2O6. The number of Topliss-reactive ketones (excluding diaryl/α,β-unsaturated/α-hetero) is 1. The summed E-state index contributed by atoms with van der Waals surface area (Å²) in [5.74, 6) is -1.45. The van der Waals surface area contributed by atoms with Gasteiger partial charge in [0.2, 0.25) is 0 Å². The van der Waals surface area contributed by atoms with E-state index >= 15 is 0 Å².